The molecule has 3 aromatic rings. The van der Waals surface area contributed by atoms with Crippen molar-refractivity contribution >= 4 is 17.7 Å². The lowest BCUT2D eigenvalue weighted by Crippen LogP contribution is -2.30. The zero-order valence-corrected chi connectivity index (χ0v) is 17.8. The summed E-state index contributed by atoms with van der Waals surface area (Å²) in [6, 6.07) is 14.9. The van der Waals surface area contributed by atoms with Gasteiger partial charge in [-0.15, -0.1) is 11.8 Å². The minimum absolute atomic E-state index is 0.187. The van der Waals surface area contributed by atoms with Gasteiger partial charge in [0.05, 0.1) is 21.3 Å². The number of carbonyl (C=O) groups is 1. The molecule has 1 aliphatic heterocycles. The molecular weight excluding hydrogens is 404 g/mol. The maximum Gasteiger partial charge on any atom is 0.277 e. The van der Waals surface area contributed by atoms with Crippen molar-refractivity contribution in [2.45, 2.75) is 5.37 Å². The highest BCUT2D eigenvalue weighted by Crippen LogP contribution is 2.46. The number of methoxy groups -OCH3 is 3. The van der Waals surface area contributed by atoms with E-state index in [9.17, 15) is 4.79 Å². The predicted octanol–water partition coefficient (Wildman–Crippen LogP) is 4.26. The van der Waals surface area contributed by atoms with Crippen molar-refractivity contribution in [3.8, 4) is 28.6 Å². The lowest BCUT2D eigenvalue weighted by atomic mass is 10.1. The number of aromatic nitrogens is 1. The average molecular weight is 426 g/mol. The van der Waals surface area contributed by atoms with E-state index in [1.807, 2.05) is 36.4 Å². The van der Waals surface area contributed by atoms with Gasteiger partial charge in [0.1, 0.15) is 11.1 Å². The molecular formula is C22H22N2O5S. The first-order valence-corrected chi connectivity index (χ1v) is 10.5. The minimum atomic E-state index is -0.232. The minimum Gasteiger partial charge on any atom is -0.496 e. The highest BCUT2D eigenvalue weighted by Gasteiger charge is 2.35. The Labute approximate surface area is 178 Å². The fourth-order valence-corrected chi connectivity index (χ4v) is 4.71. The van der Waals surface area contributed by atoms with E-state index < -0.39 is 0 Å². The van der Waals surface area contributed by atoms with Crippen molar-refractivity contribution in [3.05, 3.63) is 59.8 Å². The molecule has 1 fully saturated rings. The van der Waals surface area contributed by atoms with Crippen molar-refractivity contribution in [1.82, 2.24) is 10.1 Å². The van der Waals surface area contributed by atoms with Gasteiger partial charge in [-0.05, 0) is 6.07 Å². The molecule has 1 saturated heterocycles. The quantitative estimate of drug-likeness (QED) is 0.583. The number of thioether (sulfide) groups is 1. The van der Waals surface area contributed by atoms with E-state index in [1.54, 1.807) is 50.1 Å². The van der Waals surface area contributed by atoms with Crippen LogP contribution in [0.15, 0.2) is 53.1 Å². The molecule has 0 spiro atoms. The summed E-state index contributed by atoms with van der Waals surface area (Å²) in [4.78, 5) is 15.0. The van der Waals surface area contributed by atoms with Crippen molar-refractivity contribution < 1.29 is 23.5 Å². The highest BCUT2D eigenvalue weighted by atomic mass is 32.2. The second kappa shape index (κ2) is 8.71. The van der Waals surface area contributed by atoms with Gasteiger partial charge >= 0.3 is 0 Å². The van der Waals surface area contributed by atoms with Crippen LogP contribution in [0, 0.1) is 0 Å². The number of hydrogen-bond acceptors (Lipinski definition) is 7. The predicted molar refractivity (Wildman–Crippen MR) is 114 cm³/mol. The van der Waals surface area contributed by atoms with E-state index in [4.69, 9.17) is 18.7 Å². The van der Waals surface area contributed by atoms with Gasteiger partial charge < -0.3 is 23.6 Å². The Balaban J connectivity index is 1.64. The lowest BCUT2D eigenvalue weighted by molar-refractivity contribution is 0.0748. The van der Waals surface area contributed by atoms with E-state index >= 15 is 0 Å². The maximum absolute atomic E-state index is 13.2. The number of benzene rings is 2. The first-order valence-electron chi connectivity index (χ1n) is 9.41. The van der Waals surface area contributed by atoms with Crippen molar-refractivity contribution in [2.24, 2.45) is 0 Å². The summed E-state index contributed by atoms with van der Waals surface area (Å²) in [5, 5.41) is 3.79. The highest BCUT2D eigenvalue weighted by molar-refractivity contribution is 7.99. The number of rotatable bonds is 6. The van der Waals surface area contributed by atoms with E-state index in [0.717, 1.165) is 16.9 Å². The summed E-state index contributed by atoms with van der Waals surface area (Å²) in [5.74, 6) is 2.97. The summed E-state index contributed by atoms with van der Waals surface area (Å²) < 4.78 is 21.8. The van der Waals surface area contributed by atoms with Crippen LogP contribution in [0.4, 0.5) is 0 Å². The molecule has 0 bridgehead atoms. The van der Waals surface area contributed by atoms with Gasteiger partial charge in [-0.1, -0.05) is 35.5 Å². The van der Waals surface area contributed by atoms with E-state index in [2.05, 4.69) is 5.16 Å². The van der Waals surface area contributed by atoms with Crippen molar-refractivity contribution in [2.75, 3.05) is 33.6 Å². The van der Waals surface area contributed by atoms with Crippen LogP contribution < -0.4 is 14.2 Å². The average Bonchev–Trinajstić information content (AvgIpc) is 3.48. The Hall–Kier alpha value is -3.13. The first-order chi connectivity index (χ1) is 14.7. The largest absolute Gasteiger partial charge is 0.496 e. The summed E-state index contributed by atoms with van der Waals surface area (Å²) >= 11 is 1.66. The van der Waals surface area contributed by atoms with Crippen LogP contribution in [-0.2, 0) is 0 Å². The molecule has 1 aromatic heterocycles. The van der Waals surface area contributed by atoms with Crippen LogP contribution in [0.1, 0.15) is 21.4 Å². The van der Waals surface area contributed by atoms with E-state index in [1.165, 1.54) is 0 Å². The number of carbonyl (C=O) groups excluding carboxylic acids is 1. The van der Waals surface area contributed by atoms with Gasteiger partial charge in [-0.2, -0.15) is 0 Å². The Kier molecular flexibility index (Phi) is 5.85. The molecule has 1 aliphatic rings. The fourth-order valence-electron chi connectivity index (χ4n) is 3.44. The van der Waals surface area contributed by atoms with Crippen LogP contribution in [0.25, 0.3) is 11.3 Å². The third kappa shape index (κ3) is 3.70. The zero-order valence-electron chi connectivity index (χ0n) is 17.0. The van der Waals surface area contributed by atoms with Gasteiger partial charge in [0.2, 0.25) is 0 Å². The molecule has 2 aromatic carbocycles. The molecule has 2 heterocycles. The van der Waals surface area contributed by atoms with Crippen molar-refractivity contribution in [3.63, 3.8) is 0 Å². The lowest BCUT2D eigenvalue weighted by Gasteiger charge is -2.25. The topological polar surface area (TPSA) is 74.0 Å². The number of nitrogens with zero attached hydrogens (tertiary/aromatic N) is 2. The second-order valence-electron chi connectivity index (χ2n) is 6.61. The van der Waals surface area contributed by atoms with E-state index in [0.29, 0.717) is 29.6 Å². The fraction of sp³-hybridized carbons (Fsp3) is 0.273. The van der Waals surface area contributed by atoms with E-state index in [-0.39, 0.29) is 17.0 Å². The van der Waals surface area contributed by atoms with Crippen LogP contribution in [-0.4, -0.2) is 49.6 Å². The van der Waals surface area contributed by atoms with Gasteiger partial charge in [0, 0.05) is 35.6 Å². The molecule has 1 unspecified atom stereocenters. The first kappa shape index (κ1) is 20.2. The SMILES string of the molecule is COc1cc(OC)c(C2SCCN2C(=O)c2cc(-c3ccccc3)on2)cc1OC. The standard InChI is InChI=1S/C22H22N2O5S/c1-26-18-13-20(28-3)19(27-2)11-15(18)22-24(9-10-30-22)21(25)16-12-17(29-23-16)14-7-5-4-6-8-14/h4-8,11-13,22H,9-10H2,1-3H3. The summed E-state index contributed by atoms with van der Waals surface area (Å²) in [6.45, 7) is 0.596. The Morgan fingerprint density at radius 3 is 2.43 bits per heavy atom. The molecule has 0 saturated carbocycles. The molecule has 0 N–H and O–H groups in total. The van der Waals surface area contributed by atoms with Crippen molar-refractivity contribution in [1.29, 1.82) is 0 Å². The number of hydrogen-bond donors (Lipinski definition) is 0. The summed E-state index contributed by atoms with van der Waals surface area (Å²) in [7, 11) is 4.76. The van der Waals surface area contributed by atoms with Crippen LogP contribution in [0.2, 0.25) is 0 Å². The number of amides is 1. The monoisotopic (exact) mass is 426 g/mol. The third-order valence-corrected chi connectivity index (χ3v) is 6.18. The second-order valence-corrected chi connectivity index (χ2v) is 7.80. The Morgan fingerprint density at radius 1 is 1.03 bits per heavy atom. The molecule has 7 nitrogen and oxygen atoms in total. The Morgan fingerprint density at radius 2 is 1.73 bits per heavy atom. The molecule has 30 heavy (non-hydrogen) atoms. The Bertz CT molecular complexity index is 1040. The molecule has 0 radical (unpaired) electrons. The van der Waals surface area contributed by atoms with Gasteiger partial charge in [0.25, 0.3) is 5.91 Å². The maximum atomic E-state index is 13.2. The third-order valence-electron chi connectivity index (χ3n) is 4.94. The zero-order chi connectivity index (χ0) is 21.1. The molecule has 8 heteroatoms. The van der Waals surface area contributed by atoms with Gasteiger partial charge in [-0.3, -0.25) is 4.79 Å². The van der Waals surface area contributed by atoms with Gasteiger partial charge in [-0.25, -0.2) is 0 Å². The molecule has 1 atom stereocenters. The van der Waals surface area contributed by atoms with Crippen LogP contribution in [0.3, 0.4) is 0 Å². The normalized spacial score (nSPS) is 15.8. The smallest absolute Gasteiger partial charge is 0.277 e. The van der Waals surface area contributed by atoms with Crippen LogP contribution >= 0.6 is 11.8 Å². The molecule has 0 aliphatic carbocycles. The van der Waals surface area contributed by atoms with Crippen LogP contribution in [0.5, 0.6) is 17.2 Å². The summed E-state index contributed by atoms with van der Waals surface area (Å²) in [6.07, 6.45) is 0. The number of ether oxygens (including phenoxy) is 3. The molecule has 156 valence electrons. The summed E-state index contributed by atoms with van der Waals surface area (Å²) in [5.41, 5.74) is 2.00. The molecule has 4 rings (SSSR count). The molecule has 1 amide bonds. The van der Waals surface area contributed by atoms with Gasteiger partial charge in [0.15, 0.2) is 23.0 Å².